The zero-order valence-electron chi connectivity index (χ0n) is 8.82. The average molecular weight is 226 g/mol. The summed E-state index contributed by atoms with van der Waals surface area (Å²) in [4.78, 5) is 8.02. The molecular formula is C9H12ClN5. The normalized spacial score (nSPS) is 12.3. The molecule has 2 aromatic rings. The number of nitrogens with zero attached hydrogens (tertiary/aromatic N) is 4. The second kappa shape index (κ2) is 3.06. The van der Waals surface area contributed by atoms with Gasteiger partial charge in [0.25, 0.3) is 0 Å². The summed E-state index contributed by atoms with van der Waals surface area (Å²) in [5.41, 5.74) is 6.05. The van der Waals surface area contributed by atoms with E-state index < -0.39 is 0 Å². The fraction of sp³-hybridized carbons (Fsp3) is 0.444. The van der Waals surface area contributed by atoms with E-state index >= 15 is 0 Å². The molecule has 0 aliphatic heterocycles. The topological polar surface area (TPSA) is 69.6 Å². The van der Waals surface area contributed by atoms with Crippen molar-refractivity contribution in [3.8, 4) is 0 Å². The van der Waals surface area contributed by atoms with Gasteiger partial charge in [0.15, 0.2) is 5.65 Å². The second-order valence-corrected chi connectivity index (χ2v) is 4.70. The zero-order valence-corrected chi connectivity index (χ0v) is 9.58. The molecule has 5 nitrogen and oxygen atoms in total. The number of hydrogen-bond acceptors (Lipinski definition) is 4. The number of anilines is 1. The van der Waals surface area contributed by atoms with E-state index in [1.54, 1.807) is 10.9 Å². The van der Waals surface area contributed by atoms with Gasteiger partial charge in [-0.25, -0.2) is 9.67 Å². The minimum absolute atomic E-state index is 0.161. The van der Waals surface area contributed by atoms with Gasteiger partial charge in [0.1, 0.15) is 5.15 Å². The Labute approximate surface area is 92.3 Å². The number of aromatic nitrogens is 4. The molecule has 0 aliphatic carbocycles. The fourth-order valence-corrected chi connectivity index (χ4v) is 1.60. The molecule has 0 saturated carbocycles. The second-order valence-electron chi connectivity index (χ2n) is 4.34. The van der Waals surface area contributed by atoms with E-state index in [2.05, 4.69) is 15.1 Å². The third kappa shape index (κ3) is 1.63. The lowest BCUT2D eigenvalue weighted by molar-refractivity contribution is 0.366. The zero-order chi connectivity index (χ0) is 11.2. The van der Waals surface area contributed by atoms with Gasteiger partial charge in [-0.05, 0) is 20.8 Å². The van der Waals surface area contributed by atoms with E-state index in [0.29, 0.717) is 10.8 Å². The lowest BCUT2D eigenvalue weighted by atomic mass is 10.1. The van der Waals surface area contributed by atoms with Crippen molar-refractivity contribution in [1.29, 1.82) is 0 Å². The molecule has 2 heterocycles. The van der Waals surface area contributed by atoms with E-state index in [4.69, 9.17) is 17.3 Å². The summed E-state index contributed by atoms with van der Waals surface area (Å²) in [5.74, 6) is 0.165. The third-order valence-corrected chi connectivity index (χ3v) is 2.32. The van der Waals surface area contributed by atoms with Gasteiger partial charge in [0, 0.05) is 0 Å². The maximum absolute atomic E-state index is 5.94. The third-order valence-electron chi connectivity index (χ3n) is 2.03. The molecule has 0 fully saturated rings. The van der Waals surface area contributed by atoms with Crippen LogP contribution in [0.1, 0.15) is 20.8 Å². The molecule has 2 N–H and O–H groups in total. The number of rotatable bonds is 0. The largest absolute Gasteiger partial charge is 0.368 e. The molecule has 0 unspecified atom stereocenters. The van der Waals surface area contributed by atoms with Crippen LogP contribution in [0.5, 0.6) is 0 Å². The molecular weight excluding hydrogens is 214 g/mol. The van der Waals surface area contributed by atoms with Gasteiger partial charge in [0.2, 0.25) is 5.95 Å². The first-order chi connectivity index (χ1) is 6.89. The van der Waals surface area contributed by atoms with Crippen LogP contribution in [0, 0.1) is 0 Å². The van der Waals surface area contributed by atoms with Gasteiger partial charge in [0.05, 0.1) is 17.1 Å². The van der Waals surface area contributed by atoms with Crippen LogP contribution in [0.25, 0.3) is 11.0 Å². The summed E-state index contributed by atoms with van der Waals surface area (Å²) in [6, 6.07) is 0. The van der Waals surface area contributed by atoms with Crippen molar-refractivity contribution in [1.82, 2.24) is 19.7 Å². The fourth-order valence-electron chi connectivity index (χ4n) is 1.38. The van der Waals surface area contributed by atoms with Crippen LogP contribution in [0.4, 0.5) is 5.95 Å². The molecule has 2 aromatic heterocycles. The Kier molecular flexibility index (Phi) is 2.08. The first kappa shape index (κ1) is 10.2. The smallest absolute Gasteiger partial charge is 0.223 e. The van der Waals surface area contributed by atoms with Crippen molar-refractivity contribution >= 4 is 28.6 Å². The molecule has 0 saturated heterocycles. The van der Waals surface area contributed by atoms with Crippen LogP contribution < -0.4 is 5.73 Å². The number of halogens is 1. The van der Waals surface area contributed by atoms with Crippen LogP contribution in [0.2, 0.25) is 5.15 Å². The van der Waals surface area contributed by atoms with Gasteiger partial charge in [-0.2, -0.15) is 10.1 Å². The molecule has 2 rings (SSSR count). The highest BCUT2D eigenvalue weighted by Gasteiger charge is 2.19. The van der Waals surface area contributed by atoms with Crippen molar-refractivity contribution in [3.05, 3.63) is 11.3 Å². The maximum atomic E-state index is 5.94. The molecule has 0 radical (unpaired) electrons. The molecule has 0 aliphatic rings. The van der Waals surface area contributed by atoms with Crippen LogP contribution in [-0.2, 0) is 5.54 Å². The predicted molar refractivity (Wildman–Crippen MR) is 59.7 cm³/mol. The summed E-state index contributed by atoms with van der Waals surface area (Å²) in [6.45, 7) is 6.10. The number of nitrogens with two attached hydrogens (primary N) is 1. The Hall–Kier alpha value is -1.36. The minimum Gasteiger partial charge on any atom is -0.368 e. The quantitative estimate of drug-likeness (QED) is 0.695. The SMILES string of the molecule is CC(C)(C)n1ncc2c(Cl)nc(N)nc21. The Bertz CT molecular complexity index is 511. The summed E-state index contributed by atoms with van der Waals surface area (Å²) >= 11 is 5.94. The average Bonchev–Trinajstić information content (AvgIpc) is 2.45. The number of hydrogen-bond donors (Lipinski definition) is 1. The number of fused-ring (bicyclic) bond motifs is 1. The van der Waals surface area contributed by atoms with E-state index in [-0.39, 0.29) is 11.5 Å². The van der Waals surface area contributed by atoms with Gasteiger partial charge in [-0.15, -0.1) is 0 Å². The van der Waals surface area contributed by atoms with Crippen molar-refractivity contribution in [3.63, 3.8) is 0 Å². The van der Waals surface area contributed by atoms with Crippen LogP contribution in [0.15, 0.2) is 6.20 Å². The molecule has 0 spiro atoms. The molecule has 0 bridgehead atoms. The first-order valence-corrected chi connectivity index (χ1v) is 4.94. The summed E-state index contributed by atoms with van der Waals surface area (Å²) in [7, 11) is 0. The lowest BCUT2D eigenvalue weighted by Gasteiger charge is -2.19. The Morgan fingerprint density at radius 1 is 1.33 bits per heavy atom. The number of nitrogen functional groups attached to an aromatic ring is 1. The molecule has 6 heteroatoms. The van der Waals surface area contributed by atoms with Gasteiger partial charge in [-0.1, -0.05) is 11.6 Å². The van der Waals surface area contributed by atoms with Crippen molar-refractivity contribution in [2.75, 3.05) is 5.73 Å². The predicted octanol–water partition coefficient (Wildman–Crippen LogP) is 1.82. The Morgan fingerprint density at radius 2 is 2.00 bits per heavy atom. The van der Waals surface area contributed by atoms with Crippen molar-refractivity contribution in [2.45, 2.75) is 26.3 Å². The molecule has 15 heavy (non-hydrogen) atoms. The molecule has 80 valence electrons. The Morgan fingerprint density at radius 3 is 2.60 bits per heavy atom. The maximum Gasteiger partial charge on any atom is 0.223 e. The van der Waals surface area contributed by atoms with Gasteiger partial charge >= 0.3 is 0 Å². The van der Waals surface area contributed by atoms with E-state index in [0.717, 1.165) is 5.39 Å². The lowest BCUT2D eigenvalue weighted by Crippen LogP contribution is -2.23. The first-order valence-electron chi connectivity index (χ1n) is 4.57. The summed E-state index contributed by atoms with van der Waals surface area (Å²) in [6.07, 6.45) is 1.66. The summed E-state index contributed by atoms with van der Waals surface area (Å²) < 4.78 is 1.78. The Balaban J connectivity index is 2.80. The standard InChI is InChI=1S/C9H12ClN5/c1-9(2,3)15-7-5(4-12-15)6(10)13-8(11)14-7/h4H,1-3H3,(H2,11,13,14). The highest BCUT2D eigenvalue weighted by atomic mass is 35.5. The monoisotopic (exact) mass is 225 g/mol. The van der Waals surface area contributed by atoms with E-state index in [1.165, 1.54) is 0 Å². The molecule has 0 aromatic carbocycles. The molecule has 0 atom stereocenters. The van der Waals surface area contributed by atoms with Crippen LogP contribution in [-0.4, -0.2) is 19.7 Å². The van der Waals surface area contributed by atoms with E-state index in [9.17, 15) is 0 Å². The van der Waals surface area contributed by atoms with Crippen molar-refractivity contribution in [2.24, 2.45) is 0 Å². The highest BCUT2D eigenvalue weighted by molar-refractivity contribution is 6.34. The minimum atomic E-state index is -0.161. The van der Waals surface area contributed by atoms with Crippen LogP contribution >= 0.6 is 11.6 Å². The molecule has 0 amide bonds. The van der Waals surface area contributed by atoms with Crippen LogP contribution in [0.3, 0.4) is 0 Å². The van der Waals surface area contributed by atoms with Gasteiger partial charge in [-0.3, -0.25) is 0 Å². The van der Waals surface area contributed by atoms with Gasteiger partial charge < -0.3 is 5.73 Å². The summed E-state index contributed by atoms with van der Waals surface area (Å²) in [5, 5.41) is 5.31. The highest BCUT2D eigenvalue weighted by Crippen LogP contribution is 2.24. The van der Waals surface area contributed by atoms with Crippen molar-refractivity contribution < 1.29 is 0 Å². The van der Waals surface area contributed by atoms with E-state index in [1.807, 2.05) is 20.8 Å².